The Bertz CT molecular complexity index is 649. The molecule has 0 radical (unpaired) electrons. The molecule has 6 heteroatoms. The van der Waals surface area contributed by atoms with E-state index in [1.807, 2.05) is 12.1 Å². The number of aromatic nitrogens is 2. The maximum absolute atomic E-state index is 11.8. The summed E-state index contributed by atoms with van der Waals surface area (Å²) in [6.45, 7) is 0.230. The molecule has 0 aliphatic rings. The van der Waals surface area contributed by atoms with Gasteiger partial charge in [0.25, 0.3) is 5.56 Å². The summed E-state index contributed by atoms with van der Waals surface area (Å²) in [5, 5.41) is 12.0. The second-order valence-corrected chi connectivity index (χ2v) is 3.89. The lowest BCUT2D eigenvalue weighted by atomic mass is 10.2. The molecule has 1 heterocycles. The molecule has 18 heavy (non-hydrogen) atoms. The lowest BCUT2D eigenvalue weighted by molar-refractivity contribution is -0.136. The minimum Gasteiger partial charge on any atom is -0.481 e. The van der Waals surface area contributed by atoms with Crippen LogP contribution in [0.25, 0.3) is 10.9 Å². The molecule has 0 bridgehead atoms. The fourth-order valence-electron chi connectivity index (χ4n) is 1.73. The minimum atomic E-state index is -0.895. The average molecular weight is 247 g/mol. The molecule has 0 fully saturated rings. The number of nitrogens with one attached hydrogen (secondary N) is 1. The van der Waals surface area contributed by atoms with Crippen LogP contribution in [0.3, 0.4) is 0 Å². The summed E-state index contributed by atoms with van der Waals surface area (Å²) >= 11 is 0. The first kappa shape index (κ1) is 12.1. The fourth-order valence-corrected chi connectivity index (χ4v) is 1.73. The zero-order valence-corrected chi connectivity index (χ0v) is 9.88. The number of rotatable bonds is 4. The van der Waals surface area contributed by atoms with Crippen molar-refractivity contribution in [2.75, 3.05) is 11.9 Å². The number of para-hydroxylation sites is 1. The highest BCUT2D eigenvalue weighted by atomic mass is 16.4. The molecule has 6 nitrogen and oxygen atoms in total. The van der Waals surface area contributed by atoms with Gasteiger partial charge in [0.2, 0.25) is 5.95 Å². The van der Waals surface area contributed by atoms with Gasteiger partial charge in [-0.3, -0.25) is 9.59 Å². The van der Waals surface area contributed by atoms with Crippen molar-refractivity contribution in [3.63, 3.8) is 0 Å². The van der Waals surface area contributed by atoms with Gasteiger partial charge >= 0.3 is 5.97 Å². The van der Waals surface area contributed by atoms with E-state index in [1.54, 1.807) is 23.7 Å². The quantitative estimate of drug-likeness (QED) is 0.835. The highest BCUT2D eigenvalue weighted by Crippen LogP contribution is 2.11. The van der Waals surface area contributed by atoms with Crippen LogP contribution in [-0.4, -0.2) is 27.2 Å². The van der Waals surface area contributed by atoms with E-state index in [2.05, 4.69) is 10.3 Å². The Morgan fingerprint density at radius 3 is 2.89 bits per heavy atom. The number of carboxylic acids is 1. The van der Waals surface area contributed by atoms with Gasteiger partial charge in [-0.25, -0.2) is 0 Å². The van der Waals surface area contributed by atoms with Crippen molar-refractivity contribution in [1.82, 2.24) is 9.55 Å². The smallest absolute Gasteiger partial charge is 0.305 e. The molecular weight excluding hydrogens is 234 g/mol. The molecule has 2 N–H and O–H groups in total. The normalized spacial score (nSPS) is 10.5. The maximum atomic E-state index is 11.8. The van der Waals surface area contributed by atoms with Crippen LogP contribution in [0.1, 0.15) is 6.42 Å². The number of carbonyl (C=O) groups is 1. The van der Waals surface area contributed by atoms with E-state index in [-0.39, 0.29) is 18.5 Å². The number of fused-ring (bicyclic) bond motifs is 1. The van der Waals surface area contributed by atoms with E-state index in [1.165, 1.54) is 0 Å². The summed E-state index contributed by atoms with van der Waals surface area (Å²) in [6.07, 6.45) is -0.0251. The van der Waals surface area contributed by atoms with Crippen molar-refractivity contribution in [2.24, 2.45) is 7.05 Å². The zero-order valence-electron chi connectivity index (χ0n) is 9.88. The Labute approximate surface area is 103 Å². The lowest BCUT2D eigenvalue weighted by Gasteiger charge is -2.11. The van der Waals surface area contributed by atoms with E-state index in [0.717, 1.165) is 5.52 Å². The van der Waals surface area contributed by atoms with E-state index >= 15 is 0 Å². The van der Waals surface area contributed by atoms with Crippen LogP contribution in [-0.2, 0) is 11.8 Å². The van der Waals surface area contributed by atoms with E-state index in [0.29, 0.717) is 11.3 Å². The first-order valence-corrected chi connectivity index (χ1v) is 5.51. The van der Waals surface area contributed by atoms with E-state index in [9.17, 15) is 9.59 Å². The number of hydrogen-bond acceptors (Lipinski definition) is 4. The SMILES string of the molecule is Cn1c(NCCC(=O)O)nc(=O)c2ccccc21. The van der Waals surface area contributed by atoms with Crippen molar-refractivity contribution >= 4 is 22.8 Å². The third-order valence-corrected chi connectivity index (χ3v) is 2.64. The Balaban J connectivity index is 2.37. The largest absolute Gasteiger partial charge is 0.481 e. The van der Waals surface area contributed by atoms with Gasteiger partial charge < -0.3 is 15.0 Å². The van der Waals surface area contributed by atoms with Crippen molar-refractivity contribution in [2.45, 2.75) is 6.42 Å². The van der Waals surface area contributed by atoms with Gasteiger partial charge in [-0.1, -0.05) is 12.1 Å². The van der Waals surface area contributed by atoms with Crippen LogP contribution in [0.4, 0.5) is 5.95 Å². The topological polar surface area (TPSA) is 84.2 Å². The number of benzene rings is 1. The van der Waals surface area contributed by atoms with Gasteiger partial charge in [0.15, 0.2) is 0 Å². The molecule has 0 unspecified atom stereocenters. The van der Waals surface area contributed by atoms with Crippen LogP contribution in [0.15, 0.2) is 29.1 Å². The molecule has 0 atom stereocenters. The number of aryl methyl sites for hydroxylation is 1. The van der Waals surface area contributed by atoms with Crippen LogP contribution >= 0.6 is 0 Å². The highest BCUT2D eigenvalue weighted by molar-refractivity contribution is 5.79. The summed E-state index contributed by atoms with van der Waals surface area (Å²) in [7, 11) is 1.78. The summed E-state index contributed by atoms with van der Waals surface area (Å²) in [6, 6.07) is 7.15. The molecule has 0 saturated carbocycles. The van der Waals surface area contributed by atoms with Crippen LogP contribution in [0, 0.1) is 0 Å². The predicted octanol–water partition coefficient (Wildman–Crippen LogP) is 0.820. The standard InChI is InChI=1S/C12H13N3O3/c1-15-9-5-3-2-4-8(9)11(18)14-12(15)13-7-6-10(16)17/h2-5H,6-7H2,1H3,(H,16,17)(H,13,14,18). The number of aliphatic carboxylic acids is 1. The van der Waals surface area contributed by atoms with Gasteiger partial charge in [-0.05, 0) is 12.1 Å². The highest BCUT2D eigenvalue weighted by Gasteiger charge is 2.07. The molecule has 2 rings (SSSR count). The van der Waals surface area contributed by atoms with Gasteiger partial charge in [-0.15, -0.1) is 0 Å². The van der Waals surface area contributed by atoms with Crippen molar-refractivity contribution in [1.29, 1.82) is 0 Å². The Morgan fingerprint density at radius 2 is 2.17 bits per heavy atom. The number of hydrogen-bond donors (Lipinski definition) is 2. The second-order valence-electron chi connectivity index (χ2n) is 3.89. The Kier molecular flexibility index (Phi) is 3.27. The molecule has 1 aromatic heterocycles. The molecule has 0 aliphatic heterocycles. The predicted molar refractivity (Wildman–Crippen MR) is 67.7 cm³/mol. The van der Waals surface area contributed by atoms with Crippen molar-refractivity contribution in [3.8, 4) is 0 Å². The lowest BCUT2D eigenvalue weighted by Crippen LogP contribution is -2.19. The Hall–Kier alpha value is -2.37. The van der Waals surface area contributed by atoms with Gasteiger partial charge in [0, 0.05) is 13.6 Å². The van der Waals surface area contributed by atoms with E-state index in [4.69, 9.17) is 5.11 Å². The number of anilines is 1. The van der Waals surface area contributed by atoms with Crippen molar-refractivity contribution in [3.05, 3.63) is 34.6 Å². The molecule has 1 aromatic carbocycles. The first-order chi connectivity index (χ1) is 8.59. The molecule has 0 aliphatic carbocycles. The first-order valence-electron chi connectivity index (χ1n) is 5.51. The molecule has 2 aromatic rings. The van der Waals surface area contributed by atoms with Gasteiger partial charge in [0.1, 0.15) is 0 Å². The second kappa shape index (κ2) is 4.87. The minimum absolute atomic E-state index is 0.0251. The van der Waals surface area contributed by atoms with Crippen LogP contribution < -0.4 is 10.9 Å². The summed E-state index contributed by atoms with van der Waals surface area (Å²) in [4.78, 5) is 26.1. The zero-order chi connectivity index (χ0) is 13.1. The summed E-state index contributed by atoms with van der Waals surface area (Å²) in [5.74, 6) is -0.520. The van der Waals surface area contributed by atoms with E-state index < -0.39 is 5.97 Å². The summed E-state index contributed by atoms with van der Waals surface area (Å²) in [5.41, 5.74) is 0.442. The average Bonchev–Trinajstić information content (AvgIpc) is 2.35. The van der Waals surface area contributed by atoms with Gasteiger partial charge in [-0.2, -0.15) is 4.98 Å². The summed E-state index contributed by atoms with van der Waals surface area (Å²) < 4.78 is 1.73. The monoisotopic (exact) mass is 247 g/mol. The molecule has 0 saturated heterocycles. The third-order valence-electron chi connectivity index (χ3n) is 2.64. The molecule has 0 amide bonds. The van der Waals surface area contributed by atoms with Crippen LogP contribution in [0.5, 0.6) is 0 Å². The third kappa shape index (κ3) is 2.32. The fraction of sp³-hybridized carbons (Fsp3) is 0.250. The number of carboxylic acid groups (broad SMARTS) is 1. The van der Waals surface area contributed by atoms with Crippen molar-refractivity contribution < 1.29 is 9.90 Å². The Morgan fingerprint density at radius 1 is 1.44 bits per heavy atom. The van der Waals surface area contributed by atoms with Gasteiger partial charge in [0.05, 0.1) is 17.3 Å². The molecule has 94 valence electrons. The maximum Gasteiger partial charge on any atom is 0.305 e. The molecule has 0 spiro atoms. The van der Waals surface area contributed by atoms with Crippen LogP contribution in [0.2, 0.25) is 0 Å². The number of nitrogens with zero attached hydrogens (tertiary/aromatic N) is 2. The molecular formula is C12H13N3O3.